The third-order valence-electron chi connectivity index (χ3n) is 4.15. The summed E-state index contributed by atoms with van der Waals surface area (Å²) in [5.74, 6) is -1.13. The van der Waals surface area contributed by atoms with E-state index in [1.807, 2.05) is 6.92 Å². The van der Waals surface area contributed by atoms with Crippen molar-refractivity contribution in [2.24, 2.45) is 0 Å². The van der Waals surface area contributed by atoms with Crippen LogP contribution in [0.1, 0.15) is 27.9 Å². The smallest absolute Gasteiger partial charge is 0.261 e. The summed E-state index contributed by atoms with van der Waals surface area (Å²) in [5.41, 5.74) is 0.159. The van der Waals surface area contributed by atoms with Gasteiger partial charge in [0.05, 0.1) is 12.7 Å². The normalized spacial score (nSPS) is 19.0. The number of aryl methyl sites for hydroxylation is 1. The zero-order valence-corrected chi connectivity index (χ0v) is 15.1. The van der Waals surface area contributed by atoms with E-state index in [1.54, 1.807) is 18.2 Å². The van der Waals surface area contributed by atoms with Crippen LogP contribution in [0.5, 0.6) is 0 Å². The number of benzene rings is 2. The lowest BCUT2D eigenvalue weighted by molar-refractivity contribution is -0.133. The lowest BCUT2D eigenvalue weighted by atomic mass is 9.87. The fourth-order valence-corrected chi connectivity index (χ4v) is 3.49. The van der Waals surface area contributed by atoms with Gasteiger partial charge in [-0.2, -0.15) is 0 Å². The Morgan fingerprint density at radius 1 is 1.23 bits per heavy atom. The van der Waals surface area contributed by atoms with Gasteiger partial charge in [0.1, 0.15) is 0 Å². The Kier molecular flexibility index (Phi) is 4.33. The molecule has 26 heavy (non-hydrogen) atoms. The van der Waals surface area contributed by atoms with Gasteiger partial charge in [-0.15, -0.1) is 0 Å². The molecule has 1 atom stereocenters. The second-order valence-corrected chi connectivity index (χ2v) is 8.17. The average Bonchev–Trinajstić information content (AvgIpc) is 2.77. The highest BCUT2D eigenvalue weighted by Gasteiger charge is 2.46. The molecule has 0 aromatic heterocycles. The molecule has 136 valence electrons. The molecule has 2 aromatic carbocycles. The fraction of sp³-hybridized carbons (Fsp3) is 0.222. The number of carbonyl (C=O) groups is 2. The predicted octanol–water partition coefficient (Wildman–Crippen LogP) is 1.78. The van der Waals surface area contributed by atoms with E-state index in [1.165, 1.54) is 24.3 Å². The lowest BCUT2D eigenvalue weighted by Gasteiger charge is -2.20. The zero-order valence-electron chi connectivity index (χ0n) is 14.2. The molecule has 0 aliphatic carbocycles. The number of amides is 1. The minimum Gasteiger partial charge on any atom is -0.375 e. The maximum Gasteiger partial charge on any atom is 0.261 e. The zero-order chi connectivity index (χ0) is 19.1. The van der Waals surface area contributed by atoms with Crippen molar-refractivity contribution in [3.63, 3.8) is 0 Å². The van der Waals surface area contributed by atoms with Crippen molar-refractivity contribution >= 4 is 33.1 Å². The van der Waals surface area contributed by atoms with E-state index in [9.17, 15) is 23.1 Å². The van der Waals surface area contributed by atoms with E-state index in [0.29, 0.717) is 11.3 Å². The van der Waals surface area contributed by atoms with Gasteiger partial charge >= 0.3 is 0 Å². The van der Waals surface area contributed by atoms with Gasteiger partial charge in [-0.1, -0.05) is 29.8 Å². The van der Waals surface area contributed by atoms with Crippen molar-refractivity contribution in [2.75, 3.05) is 16.3 Å². The summed E-state index contributed by atoms with van der Waals surface area (Å²) in [6.07, 6.45) is 0.559. The fourth-order valence-electron chi connectivity index (χ4n) is 2.94. The van der Waals surface area contributed by atoms with Gasteiger partial charge in [-0.3, -0.25) is 14.3 Å². The molecule has 1 amide bonds. The minimum atomic E-state index is -3.48. The van der Waals surface area contributed by atoms with Crippen molar-refractivity contribution in [1.82, 2.24) is 0 Å². The number of anilines is 2. The summed E-state index contributed by atoms with van der Waals surface area (Å²) >= 11 is 0. The van der Waals surface area contributed by atoms with Crippen molar-refractivity contribution in [3.05, 3.63) is 59.2 Å². The molecule has 0 fully saturated rings. The van der Waals surface area contributed by atoms with Crippen LogP contribution >= 0.6 is 0 Å². The number of hydrogen-bond donors (Lipinski definition) is 3. The Morgan fingerprint density at radius 3 is 2.65 bits per heavy atom. The van der Waals surface area contributed by atoms with Crippen molar-refractivity contribution < 1.29 is 23.1 Å². The number of rotatable bonds is 5. The third-order valence-corrected chi connectivity index (χ3v) is 4.76. The molecule has 7 nitrogen and oxygen atoms in total. The summed E-state index contributed by atoms with van der Waals surface area (Å²) < 4.78 is 25.0. The van der Waals surface area contributed by atoms with Gasteiger partial charge in [0.15, 0.2) is 11.4 Å². The minimum absolute atomic E-state index is 0.195. The van der Waals surface area contributed by atoms with Gasteiger partial charge in [0.2, 0.25) is 10.0 Å². The SMILES string of the molecule is Cc1ccc2c(c1)[C@](O)(CC(=O)c1cccc(NS(C)(=O)=O)c1)C(=O)N2. The highest BCUT2D eigenvalue weighted by Crippen LogP contribution is 2.39. The molecule has 0 saturated heterocycles. The predicted molar refractivity (Wildman–Crippen MR) is 97.6 cm³/mol. The highest BCUT2D eigenvalue weighted by atomic mass is 32.2. The third kappa shape index (κ3) is 3.47. The Labute approximate surface area is 151 Å². The summed E-state index contributed by atoms with van der Waals surface area (Å²) in [7, 11) is -3.48. The average molecular weight is 374 g/mol. The second-order valence-electron chi connectivity index (χ2n) is 6.42. The molecule has 0 saturated carbocycles. The number of hydrogen-bond acceptors (Lipinski definition) is 5. The van der Waals surface area contributed by atoms with E-state index in [2.05, 4.69) is 10.0 Å². The quantitative estimate of drug-likeness (QED) is 0.691. The van der Waals surface area contributed by atoms with Crippen LogP contribution < -0.4 is 10.0 Å². The summed E-state index contributed by atoms with van der Waals surface area (Å²) in [4.78, 5) is 24.9. The van der Waals surface area contributed by atoms with Crippen LogP contribution in [0.15, 0.2) is 42.5 Å². The van der Waals surface area contributed by atoms with Crippen LogP contribution in [0.25, 0.3) is 0 Å². The van der Waals surface area contributed by atoms with Gasteiger partial charge in [0.25, 0.3) is 5.91 Å². The first-order chi connectivity index (χ1) is 12.1. The molecule has 1 heterocycles. The number of aliphatic hydroxyl groups is 1. The first kappa shape index (κ1) is 18.1. The monoisotopic (exact) mass is 374 g/mol. The van der Waals surface area contributed by atoms with Crippen LogP contribution in [0.2, 0.25) is 0 Å². The summed E-state index contributed by atoms with van der Waals surface area (Å²) in [6.45, 7) is 1.83. The standard InChI is InChI=1S/C18H18N2O5S/c1-11-6-7-15-14(8-11)18(23,17(22)19-15)10-16(21)12-4-3-5-13(9-12)20-26(2,24)25/h3-9,20,23H,10H2,1-2H3,(H,19,22)/t18-/m1/s1. The summed E-state index contributed by atoms with van der Waals surface area (Å²) in [6, 6.07) is 11.1. The Hall–Kier alpha value is -2.71. The molecule has 1 aliphatic rings. The number of ketones is 1. The van der Waals surface area contributed by atoms with E-state index in [-0.39, 0.29) is 11.3 Å². The number of sulfonamides is 1. The Morgan fingerprint density at radius 2 is 1.96 bits per heavy atom. The molecular formula is C18H18N2O5S. The van der Waals surface area contributed by atoms with Crippen LogP contribution in [0, 0.1) is 6.92 Å². The molecular weight excluding hydrogens is 356 g/mol. The molecule has 3 N–H and O–H groups in total. The van der Waals surface area contributed by atoms with Crippen LogP contribution in [-0.4, -0.2) is 31.5 Å². The Bertz CT molecular complexity index is 1020. The van der Waals surface area contributed by atoms with E-state index in [0.717, 1.165) is 11.8 Å². The molecule has 0 unspecified atom stereocenters. The molecule has 0 bridgehead atoms. The largest absolute Gasteiger partial charge is 0.375 e. The number of fused-ring (bicyclic) bond motifs is 1. The van der Waals surface area contributed by atoms with Gasteiger partial charge in [-0.25, -0.2) is 8.42 Å². The van der Waals surface area contributed by atoms with Crippen molar-refractivity contribution in [1.29, 1.82) is 0 Å². The van der Waals surface area contributed by atoms with E-state index in [4.69, 9.17) is 0 Å². The van der Waals surface area contributed by atoms with Crippen molar-refractivity contribution in [2.45, 2.75) is 18.9 Å². The lowest BCUT2D eigenvalue weighted by Crippen LogP contribution is -2.36. The number of carbonyl (C=O) groups excluding carboxylic acids is 2. The van der Waals surface area contributed by atoms with Crippen LogP contribution in [0.4, 0.5) is 11.4 Å². The molecule has 0 spiro atoms. The maximum absolute atomic E-state index is 12.6. The summed E-state index contributed by atoms with van der Waals surface area (Å²) in [5, 5.41) is 13.5. The first-order valence-corrected chi connectivity index (χ1v) is 9.74. The maximum atomic E-state index is 12.6. The van der Waals surface area contributed by atoms with Crippen molar-refractivity contribution in [3.8, 4) is 0 Å². The molecule has 0 radical (unpaired) electrons. The van der Waals surface area contributed by atoms with Crippen LogP contribution in [0.3, 0.4) is 0 Å². The molecule has 1 aliphatic heterocycles. The van der Waals surface area contributed by atoms with E-state index < -0.39 is 33.7 Å². The first-order valence-electron chi connectivity index (χ1n) is 7.84. The molecule has 8 heteroatoms. The molecule has 2 aromatic rings. The topological polar surface area (TPSA) is 113 Å². The van der Waals surface area contributed by atoms with E-state index >= 15 is 0 Å². The highest BCUT2D eigenvalue weighted by molar-refractivity contribution is 7.92. The van der Waals surface area contributed by atoms with Gasteiger partial charge in [-0.05, 0) is 25.1 Å². The second kappa shape index (κ2) is 6.22. The van der Waals surface area contributed by atoms with Crippen LogP contribution in [-0.2, 0) is 20.4 Å². The molecule has 3 rings (SSSR count). The van der Waals surface area contributed by atoms with Gasteiger partial charge < -0.3 is 10.4 Å². The number of nitrogens with one attached hydrogen (secondary N) is 2. The Balaban J connectivity index is 1.90. The number of Topliss-reactive ketones (excluding diaryl/α,β-unsaturated/α-hetero) is 1. The van der Waals surface area contributed by atoms with Gasteiger partial charge in [0, 0.05) is 22.5 Å².